The second-order valence-electron chi connectivity index (χ2n) is 5.81. The minimum atomic E-state index is -2.96. The first-order chi connectivity index (χ1) is 14.0. The van der Waals surface area contributed by atoms with Gasteiger partial charge in [-0.1, -0.05) is 0 Å². The Bertz CT molecular complexity index is 1000. The van der Waals surface area contributed by atoms with Gasteiger partial charge in [0.05, 0.1) is 26.1 Å². The van der Waals surface area contributed by atoms with Crippen LogP contribution in [0.15, 0.2) is 52.2 Å². The Kier molecular flexibility index (Phi) is 6.22. The Labute approximate surface area is 164 Å². The quantitative estimate of drug-likeness (QED) is 0.582. The van der Waals surface area contributed by atoms with Gasteiger partial charge in [-0.15, -0.1) is 0 Å². The Hall–Kier alpha value is -3.69. The zero-order valence-corrected chi connectivity index (χ0v) is 15.6. The van der Waals surface area contributed by atoms with Crippen molar-refractivity contribution in [2.75, 3.05) is 7.11 Å². The van der Waals surface area contributed by atoms with Crippen molar-refractivity contribution >= 4 is 17.8 Å². The average Bonchev–Trinajstić information content (AvgIpc) is 3.34. The molecule has 0 spiro atoms. The van der Waals surface area contributed by atoms with Gasteiger partial charge in [-0.3, -0.25) is 14.5 Å². The predicted octanol–water partition coefficient (Wildman–Crippen LogP) is 3.30. The predicted molar refractivity (Wildman–Crippen MR) is 100.0 cm³/mol. The number of aryl methyl sites for hydroxylation is 1. The molecule has 10 heteroatoms. The number of amides is 1. The van der Waals surface area contributed by atoms with E-state index in [0.29, 0.717) is 17.0 Å². The summed E-state index contributed by atoms with van der Waals surface area (Å²) < 4.78 is 40.9. The van der Waals surface area contributed by atoms with Crippen molar-refractivity contribution in [3.63, 3.8) is 0 Å². The van der Waals surface area contributed by atoms with Crippen molar-refractivity contribution < 1.29 is 27.5 Å². The first-order valence-electron chi connectivity index (χ1n) is 8.47. The van der Waals surface area contributed by atoms with Gasteiger partial charge in [0.1, 0.15) is 11.4 Å². The van der Waals surface area contributed by atoms with Crippen LogP contribution in [0.2, 0.25) is 0 Å². The molecule has 0 aliphatic rings. The Morgan fingerprint density at radius 1 is 1.38 bits per heavy atom. The zero-order valence-electron chi connectivity index (χ0n) is 15.6. The third kappa shape index (κ3) is 4.98. The largest absolute Gasteiger partial charge is 0.493 e. The summed E-state index contributed by atoms with van der Waals surface area (Å²) in [4.78, 5) is 16.8. The van der Waals surface area contributed by atoms with Gasteiger partial charge in [-0.05, 0) is 35.9 Å². The van der Waals surface area contributed by atoms with E-state index in [1.807, 2.05) is 0 Å². The van der Waals surface area contributed by atoms with E-state index in [9.17, 15) is 13.6 Å². The van der Waals surface area contributed by atoms with Gasteiger partial charge in [0.25, 0.3) is 5.91 Å². The van der Waals surface area contributed by atoms with E-state index < -0.39 is 6.61 Å². The molecule has 1 N–H and O–H groups in total. The van der Waals surface area contributed by atoms with E-state index in [1.54, 1.807) is 19.2 Å². The molecule has 8 nitrogen and oxygen atoms in total. The molecule has 0 fully saturated rings. The number of ether oxygens (including phenoxy) is 2. The van der Waals surface area contributed by atoms with Crippen LogP contribution in [0.1, 0.15) is 21.8 Å². The van der Waals surface area contributed by atoms with Crippen LogP contribution in [0, 0.1) is 0 Å². The van der Waals surface area contributed by atoms with Gasteiger partial charge in [0.15, 0.2) is 17.2 Å². The molecule has 0 radical (unpaired) electrons. The number of aromatic nitrogens is 2. The minimum Gasteiger partial charge on any atom is -0.493 e. The van der Waals surface area contributed by atoms with E-state index in [4.69, 9.17) is 9.15 Å². The number of halogens is 2. The lowest BCUT2D eigenvalue weighted by Crippen LogP contribution is -2.25. The van der Waals surface area contributed by atoms with Gasteiger partial charge in [-0.25, -0.2) is 0 Å². The molecule has 2 aromatic heterocycles. The summed E-state index contributed by atoms with van der Waals surface area (Å²) in [6.45, 7) is -2.73. The second kappa shape index (κ2) is 9.00. The lowest BCUT2D eigenvalue weighted by Gasteiger charge is -2.10. The molecular formula is C19H18F2N4O4. The maximum Gasteiger partial charge on any atom is 0.387 e. The molecule has 29 heavy (non-hydrogen) atoms. The van der Waals surface area contributed by atoms with E-state index in [1.165, 1.54) is 48.7 Å². The number of aliphatic imine (C=N–C) groups is 1. The van der Waals surface area contributed by atoms with Gasteiger partial charge >= 0.3 is 6.61 Å². The third-order valence-electron chi connectivity index (χ3n) is 3.89. The number of nitrogens with one attached hydrogen (secondary N) is 1. The molecule has 0 saturated carbocycles. The number of hydrogen-bond acceptors (Lipinski definition) is 6. The molecule has 0 aliphatic heterocycles. The molecule has 152 valence electrons. The molecular weight excluding hydrogens is 386 g/mol. The van der Waals surface area contributed by atoms with Crippen LogP contribution in [0.5, 0.6) is 11.5 Å². The fraction of sp³-hybridized carbons (Fsp3) is 0.211. The van der Waals surface area contributed by atoms with Gasteiger partial charge in [-0.2, -0.15) is 13.9 Å². The number of nitrogens with zero attached hydrogens (tertiary/aromatic N) is 3. The van der Waals surface area contributed by atoms with Crippen LogP contribution in [-0.4, -0.2) is 35.6 Å². The molecule has 2 heterocycles. The normalized spacial score (nSPS) is 11.2. The Morgan fingerprint density at radius 2 is 2.21 bits per heavy atom. The summed E-state index contributed by atoms with van der Waals surface area (Å²) in [5.41, 5.74) is 1.17. The number of rotatable bonds is 8. The standard InChI is InChI=1S/C19H18F2N4O4/c1-25-17(18(26)23-10-13-4-3-7-28-13)14(11-24-25)22-9-12-5-6-15(29-19(20)21)16(8-12)27-2/h3-9,11,19H,10H2,1-2H3,(H,23,26). The van der Waals surface area contributed by atoms with Crippen molar-refractivity contribution in [3.05, 3.63) is 59.8 Å². The molecule has 0 atom stereocenters. The first kappa shape index (κ1) is 20.1. The molecule has 1 aromatic carbocycles. The van der Waals surface area contributed by atoms with Crippen molar-refractivity contribution in [2.24, 2.45) is 12.0 Å². The SMILES string of the molecule is COc1cc(C=Nc2cnn(C)c2C(=O)NCc2ccco2)ccc1OC(F)F. The average molecular weight is 404 g/mol. The van der Waals surface area contributed by atoms with E-state index in [-0.39, 0.29) is 29.6 Å². The number of furan rings is 1. The van der Waals surface area contributed by atoms with E-state index >= 15 is 0 Å². The summed E-state index contributed by atoms with van der Waals surface area (Å²) in [7, 11) is 2.97. The maximum atomic E-state index is 12.5. The molecule has 1 amide bonds. The minimum absolute atomic E-state index is 0.0842. The lowest BCUT2D eigenvalue weighted by atomic mass is 10.2. The number of benzene rings is 1. The maximum absolute atomic E-state index is 12.5. The van der Waals surface area contributed by atoms with Crippen LogP contribution in [0.4, 0.5) is 14.5 Å². The molecule has 3 aromatic rings. The van der Waals surface area contributed by atoms with Gasteiger partial charge in [0.2, 0.25) is 0 Å². The van der Waals surface area contributed by atoms with Gasteiger partial charge in [0, 0.05) is 13.3 Å². The number of carbonyl (C=O) groups is 1. The van der Waals surface area contributed by atoms with Crippen LogP contribution < -0.4 is 14.8 Å². The fourth-order valence-electron chi connectivity index (χ4n) is 2.55. The highest BCUT2D eigenvalue weighted by atomic mass is 19.3. The highest BCUT2D eigenvalue weighted by molar-refractivity contribution is 5.98. The molecule has 0 aliphatic carbocycles. The highest BCUT2D eigenvalue weighted by Crippen LogP contribution is 2.29. The van der Waals surface area contributed by atoms with Crippen LogP contribution in [0.25, 0.3) is 0 Å². The number of methoxy groups -OCH3 is 1. The second-order valence-corrected chi connectivity index (χ2v) is 5.81. The summed E-state index contributed by atoms with van der Waals surface area (Å²) in [6.07, 6.45) is 4.44. The number of carbonyl (C=O) groups excluding carboxylic acids is 1. The summed E-state index contributed by atoms with van der Waals surface area (Å²) in [5.74, 6) is 0.298. The molecule has 0 saturated heterocycles. The number of hydrogen-bond donors (Lipinski definition) is 1. The Morgan fingerprint density at radius 3 is 2.90 bits per heavy atom. The molecule has 0 unspecified atom stereocenters. The van der Waals surface area contributed by atoms with E-state index in [2.05, 4.69) is 20.1 Å². The highest BCUT2D eigenvalue weighted by Gasteiger charge is 2.17. The summed E-state index contributed by atoms with van der Waals surface area (Å²) in [5, 5.41) is 6.80. The van der Waals surface area contributed by atoms with Crippen LogP contribution in [-0.2, 0) is 13.6 Å². The number of alkyl halides is 2. The molecule has 3 rings (SSSR count). The van der Waals surface area contributed by atoms with Crippen molar-refractivity contribution in [1.82, 2.24) is 15.1 Å². The Balaban J connectivity index is 1.76. The van der Waals surface area contributed by atoms with Crippen molar-refractivity contribution in [1.29, 1.82) is 0 Å². The monoisotopic (exact) mass is 404 g/mol. The third-order valence-corrected chi connectivity index (χ3v) is 3.89. The van der Waals surface area contributed by atoms with E-state index in [0.717, 1.165) is 0 Å². The smallest absolute Gasteiger partial charge is 0.387 e. The van der Waals surface area contributed by atoms with Crippen LogP contribution >= 0.6 is 0 Å². The fourth-order valence-corrected chi connectivity index (χ4v) is 2.55. The lowest BCUT2D eigenvalue weighted by molar-refractivity contribution is -0.0512. The van der Waals surface area contributed by atoms with Gasteiger partial charge < -0.3 is 19.2 Å². The first-order valence-corrected chi connectivity index (χ1v) is 8.47. The van der Waals surface area contributed by atoms with Crippen molar-refractivity contribution in [3.8, 4) is 11.5 Å². The zero-order chi connectivity index (χ0) is 20.8. The molecule has 0 bridgehead atoms. The summed E-state index contributed by atoms with van der Waals surface area (Å²) in [6, 6.07) is 7.86. The topological polar surface area (TPSA) is 90.9 Å². The summed E-state index contributed by atoms with van der Waals surface area (Å²) >= 11 is 0. The van der Waals surface area contributed by atoms with Crippen LogP contribution in [0.3, 0.4) is 0 Å². The van der Waals surface area contributed by atoms with Crippen molar-refractivity contribution in [2.45, 2.75) is 13.2 Å².